The van der Waals surface area contributed by atoms with E-state index in [1.165, 1.54) is 19.4 Å². The molecule has 0 unspecified atom stereocenters. The van der Waals surface area contributed by atoms with Crippen molar-refractivity contribution in [1.82, 2.24) is 4.98 Å². The molecule has 0 amide bonds. The lowest BCUT2D eigenvalue weighted by Crippen LogP contribution is -1.96. The lowest BCUT2D eigenvalue weighted by Gasteiger charge is -1.93. The Bertz CT molecular complexity index is 350. The number of halogens is 1. The van der Waals surface area contributed by atoms with Crippen molar-refractivity contribution in [1.29, 1.82) is 0 Å². The van der Waals surface area contributed by atoms with Crippen LogP contribution in [0.25, 0.3) is 6.08 Å². The van der Waals surface area contributed by atoms with E-state index in [9.17, 15) is 9.18 Å². The lowest BCUT2D eigenvalue weighted by atomic mass is 10.2. The van der Waals surface area contributed by atoms with E-state index >= 15 is 0 Å². The summed E-state index contributed by atoms with van der Waals surface area (Å²) in [7, 11) is 1.32. The zero-order valence-corrected chi connectivity index (χ0v) is 7.74. The first kappa shape index (κ1) is 10.4. The third-order valence-electron chi connectivity index (χ3n) is 1.55. The fourth-order valence-electron chi connectivity index (χ4n) is 0.894. The van der Waals surface area contributed by atoms with Crippen molar-refractivity contribution in [2.75, 3.05) is 7.11 Å². The number of nitrogens with zero attached hydrogens (tertiary/aromatic N) is 1. The second kappa shape index (κ2) is 5.11. The third kappa shape index (κ3) is 3.35. The van der Waals surface area contributed by atoms with Gasteiger partial charge < -0.3 is 4.74 Å². The molecule has 1 aromatic heterocycles. The van der Waals surface area contributed by atoms with Crippen LogP contribution in [-0.4, -0.2) is 18.1 Å². The molecule has 1 aromatic rings. The van der Waals surface area contributed by atoms with Crippen LogP contribution >= 0.6 is 0 Å². The van der Waals surface area contributed by atoms with E-state index in [-0.39, 0.29) is 12.4 Å². The Morgan fingerprint density at radius 3 is 3.07 bits per heavy atom. The molecule has 0 aliphatic carbocycles. The maximum absolute atomic E-state index is 12.6. The summed E-state index contributed by atoms with van der Waals surface area (Å²) in [4.78, 5) is 14.4. The topological polar surface area (TPSA) is 39.2 Å². The summed E-state index contributed by atoms with van der Waals surface area (Å²) in [6.45, 7) is 0. The molecule has 0 spiro atoms. The lowest BCUT2D eigenvalue weighted by molar-refractivity contribution is -0.139. The number of pyridine rings is 1. The van der Waals surface area contributed by atoms with Crippen molar-refractivity contribution < 1.29 is 13.9 Å². The maximum atomic E-state index is 12.6. The van der Waals surface area contributed by atoms with E-state index < -0.39 is 5.82 Å². The largest absolute Gasteiger partial charge is 0.469 e. The normalized spacial score (nSPS) is 10.4. The van der Waals surface area contributed by atoms with E-state index in [0.717, 1.165) is 6.20 Å². The van der Waals surface area contributed by atoms with Crippen molar-refractivity contribution in [2.24, 2.45) is 0 Å². The van der Waals surface area contributed by atoms with Gasteiger partial charge in [0.2, 0.25) is 0 Å². The number of methoxy groups -OCH3 is 1. The van der Waals surface area contributed by atoms with Gasteiger partial charge in [-0.3, -0.25) is 9.78 Å². The van der Waals surface area contributed by atoms with Gasteiger partial charge in [-0.1, -0.05) is 12.2 Å². The van der Waals surface area contributed by atoms with Crippen molar-refractivity contribution in [3.63, 3.8) is 0 Å². The Kier molecular flexibility index (Phi) is 3.79. The number of carbonyl (C=O) groups is 1. The monoisotopic (exact) mass is 195 g/mol. The van der Waals surface area contributed by atoms with Gasteiger partial charge in [-0.25, -0.2) is 4.39 Å². The van der Waals surface area contributed by atoms with Crippen LogP contribution in [0.2, 0.25) is 0 Å². The zero-order chi connectivity index (χ0) is 10.4. The molecular formula is C10H10FNO2. The van der Waals surface area contributed by atoms with Crippen LogP contribution in [-0.2, 0) is 9.53 Å². The Hall–Kier alpha value is -1.71. The molecule has 0 aromatic carbocycles. The van der Waals surface area contributed by atoms with Crippen LogP contribution in [0.4, 0.5) is 4.39 Å². The summed E-state index contributed by atoms with van der Waals surface area (Å²) in [6, 6.07) is 1.33. The van der Waals surface area contributed by atoms with Crippen molar-refractivity contribution >= 4 is 12.0 Å². The van der Waals surface area contributed by atoms with E-state index in [4.69, 9.17) is 0 Å². The fourth-order valence-corrected chi connectivity index (χ4v) is 0.894. The van der Waals surface area contributed by atoms with E-state index in [1.807, 2.05) is 0 Å². The van der Waals surface area contributed by atoms with Gasteiger partial charge in [-0.15, -0.1) is 0 Å². The van der Waals surface area contributed by atoms with Gasteiger partial charge in [0, 0.05) is 6.20 Å². The summed E-state index contributed by atoms with van der Waals surface area (Å²) < 4.78 is 17.1. The summed E-state index contributed by atoms with van der Waals surface area (Å²) in [5, 5.41) is 0. The second-order valence-electron chi connectivity index (χ2n) is 2.62. The Labute approximate surface area is 81.2 Å². The number of esters is 1. The van der Waals surface area contributed by atoms with Crippen LogP contribution in [0.1, 0.15) is 12.0 Å². The molecule has 0 aliphatic rings. The van der Waals surface area contributed by atoms with Crippen molar-refractivity contribution in [3.8, 4) is 0 Å². The highest BCUT2D eigenvalue weighted by molar-refractivity contribution is 5.72. The quantitative estimate of drug-likeness (QED) is 0.690. The van der Waals surface area contributed by atoms with Gasteiger partial charge >= 0.3 is 5.97 Å². The molecule has 3 nitrogen and oxygen atoms in total. The smallest absolute Gasteiger partial charge is 0.309 e. The molecule has 0 fully saturated rings. The Balaban J connectivity index is 2.56. The van der Waals surface area contributed by atoms with Crippen LogP contribution in [0.3, 0.4) is 0 Å². The first-order valence-corrected chi connectivity index (χ1v) is 4.06. The first-order valence-electron chi connectivity index (χ1n) is 4.06. The average Bonchev–Trinajstić information content (AvgIpc) is 2.17. The molecule has 0 saturated carbocycles. The van der Waals surface area contributed by atoms with E-state index in [1.54, 1.807) is 12.2 Å². The highest BCUT2D eigenvalue weighted by atomic mass is 19.1. The van der Waals surface area contributed by atoms with Gasteiger partial charge in [-0.2, -0.15) is 0 Å². The predicted octanol–water partition coefficient (Wildman–Crippen LogP) is 1.80. The van der Waals surface area contributed by atoms with Gasteiger partial charge in [-0.05, 0) is 11.6 Å². The molecule has 0 saturated heterocycles. The number of hydrogen-bond donors (Lipinski definition) is 0. The average molecular weight is 195 g/mol. The minimum atomic E-state index is -0.398. The summed E-state index contributed by atoms with van der Waals surface area (Å²) in [5.74, 6) is -0.726. The molecule has 0 atom stereocenters. The Morgan fingerprint density at radius 2 is 2.43 bits per heavy atom. The van der Waals surface area contributed by atoms with E-state index in [0.29, 0.717) is 5.56 Å². The summed E-state index contributed by atoms with van der Waals surface area (Å²) >= 11 is 0. The molecule has 0 radical (unpaired) electrons. The highest BCUT2D eigenvalue weighted by Crippen LogP contribution is 2.03. The molecule has 4 heteroatoms. The summed E-state index contributed by atoms with van der Waals surface area (Å²) in [5.41, 5.74) is 0.619. The highest BCUT2D eigenvalue weighted by Gasteiger charge is 1.95. The molecule has 74 valence electrons. The van der Waals surface area contributed by atoms with Crippen molar-refractivity contribution in [3.05, 3.63) is 35.9 Å². The van der Waals surface area contributed by atoms with Gasteiger partial charge in [0.05, 0.1) is 19.7 Å². The number of carbonyl (C=O) groups excluding carboxylic acids is 1. The van der Waals surface area contributed by atoms with E-state index in [2.05, 4.69) is 9.72 Å². The van der Waals surface area contributed by atoms with Crippen LogP contribution < -0.4 is 0 Å². The fraction of sp³-hybridized carbons (Fsp3) is 0.200. The minimum Gasteiger partial charge on any atom is -0.469 e. The minimum absolute atomic E-state index is 0.174. The zero-order valence-electron chi connectivity index (χ0n) is 7.74. The molecule has 1 heterocycles. The standard InChI is InChI=1S/C10H10FNO2/c1-14-10(13)4-2-3-8-5-9(11)7-12-6-8/h2-3,5-7H,4H2,1H3. The number of rotatable bonds is 3. The Morgan fingerprint density at radius 1 is 1.64 bits per heavy atom. The van der Waals surface area contributed by atoms with Crippen molar-refractivity contribution in [2.45, 2.75) is 6.42 Å². The third-order valence-corrected chi connectivity index (χ3v) is 1.55. The van der Waals surface area contributed by atoms with Gasteiger partial charge in [0.15, 0.2) is 0 Å². The molecule has 14 heavy (non-hydrogen) atoms. The first-order chi connectivity index (χ1) is 6.72. The molecule has 0 bridgehead atoms. The predicted molar refractivity (Wildman–Crippen MR) is 49.9 cm³/mol. The SMILES string of the molecule is COC(=O)CC=Cc1cncc(F)c1. The van der Waals surface area contributed by atoms with Crippen LogP contribution in [0.15, 0.2) is 24.5 Å². The molecular weight excluding hydrogens is 185 g/mol. The maximum Gasteiger partial charge on any atom is 0.309 e. The van der Waals surface area contributed by atoms with Crippen LogP contribution in [0, 0.1) is 5.82 Å². The number of aromatic nitrogens is 1. The van der Waals surface area contributed by atoms with Gasteiger partial charge in [0.25, 0.3) is 0 Å². The molecule has 1 rings (SSSR count). The molecule has 0 N–H and O–H groups in total. The van der Waals surface area contributed by atoms with Gasteiger partial charge in [0.1, 0.15) is 5.82 Å². The number of hydrogen-bond acceptors (Lipinski definition) is 3. The summed E-state index contributed by atoms with van der Waals surface area (Å²) in [6.07, 6.45) is 6.02. The van der Waals surface area contributed by atoms with Crippen LogP contribution in [0.5, 0.6) is 0 Å². The number of ether oxygens (including phenoxy) is 1. The second-order valence-corrected chi connectivity index (χ2v) is 2.62. The molecule has 0 aliphatic heterocycles.